The molecule has 27 heavy (non-hydrogen) atoms. The zero-order chi connectivity index (χ0) is 19.4. The molecule has 0 aliphatic heterocycles. The van der Waals surface area contributed by atoms with Crippen molar-refractivity contribution in [1.82, 2.24) is 10.3 Å². The molecule has 2 N–H and O–H groups in total. The van der Waals surface area contributed by atoms with Crippen LogP contribution in [0.15, 0.2) is 53.9 Å². The monoisotopic (exact) mass is 400 g/mol. The smallest absolute Gasteiger partial charge is 0.305 e. The lowest BCUT2D eigenvalue weighted by atomic mass is 10.0. The summed E-state index contributed by atoms with van der Waals surface area (Å²) in [7, 11) is 0. The van der Waals surface area contributed by atoms with Crippen LogP contribution in [-0.2, 0) is 4.79 Å². The summed E-state index contributed by atoms with van der Waals surface area (Å²) in [6, 6.07) is 13.9. The number of rotatable bonds is 6. The van der Waals surface area contributed by atoms with Crippen LogP contribution in [0.25, 0.3) is 10.6 Å². The highest BCUT2D eigenvalue weighted by Crippen LogP contribution is 2.27. The molecule has 7 heteroatoms. The van der Waals surface area contributed by atoms with Gasteiger partial charge in [-0.15, -0.1) is 11.3 Å². The van der Waals surface area contributed by atoms with Gasteiger partial charge in [0, 0.05) is 16.0 Å². The predicted molar refractivity (Wildman–Crippen MR) is 106 cm³/mol. The van der Waals surface area contributed by atoms with E-state index < -0.39 is 17.9 Å². The quantitative estimate of drug-likeness (QED) is 0.627. The molecule has 1 amide bonds. The fraction of sp³-hybridized carbons (Fsp3) is 0.150. The molecule has 0 radical (unpaired) electrons. The van der Waals surface area contributed by atoms with Crippen molar-refractivity contribution in [2.75, 3.05) is 0 Å². The molecule has 3 rings (SSSR count). The zero-order valence-electron chi connectivity index (χ0n) is 14.5. The van der Waals surface area contributed by atoms with Crippen molar-refractivity contribution in [2.45, 2.75) is 19.4 Å². The minimum atomic E-state index is -1.01. The third-order valence-electron chi connectivity index (χ3n) is 4.05. The lowest BCUT2D eigenvalue weighted by Crippen LogP contribution is -2.30. The third-order valence-corrected chi connectivity index (χ3v) is 5.16. The minimum absolute atomic E-state index is 0.249. The second-order valence-corrected chi connectivity index (χ2v) is 7.33. The van der Waals surface area contributed by atoms with Crippen LogP contribution in [0, 0.1) is 6.92 Å². The number of carboxylic acids is 1. The van der Waals surface area contributed by atoms with Gasteiger partial charge >= 0.3 is 5.97 Å². The van der Waals surface area contributed by atoms with Crippen molar-refractivity contribution in [1.29, 1.82) is 0 Å². The van der Waals surface area contributed by atoms with Gasteiger partial charge in [0.2, 0.25) is 0 Å². The van der Waals surface area contributed by atoms with Crippen LogP contribution in [0.2, 0.25) is 5.02 Å². The lowest BCUT2D eigenvalue weighted by molar-refractivity contribution is -0.137. The number of thiazole rings is 1. The standard InChI is InChI=1S/C20H17ClN2O3S/c1-12-5-2-3-8-15(12)20-23-17(11-27-20)19(26)22-16(10-18(24)25)13-6-4-7-14(21)9-13/h2-9,11,16H,10H2,1H3,(H,22,26)(H,24,25). The summed E-state index contributed by atoms with van der Waals surface area (Å²) in [6.07, 6.45) is -0.249. The molecular weight excluding hydrogens is 384 g/mol. The van der Waals surface area contributed by atoms with E-state index in [-0.39, 0.29) is 12.1 Å². The number of carbonyl (C=O) groups is 2. The average molecular weight is 401 g/mol. The number of halogens is 1. The van der Waals surface area contributed by atoms with E-state index in [0.717, 1.165) is 16.1 Å². The van der Waals surface area contributed by atoms with E-state index in [2.05, 4.69) is 10.3 Å². The number of nitrogens with zero attached hydrogens (tertiary/aromatic N) is 1. The summed E-state index contributed by atoms with van der Waals surface area (Å²) in [5.41, 5.74) is 2.93. The second-order valence-electron chi connectivity index (χ2n) is 6.03. The maximum atomic E-state index is 12.6. The Labute approximate surface area is 165 Å². The maximum absolute atomic E-state index is 12.6. The van der Waals surface area contributed by atoms with Gasteiger partial charge in [0.25, 0.3) is 5.91 Å². The molecule has 5 nitrogen and oxygen atoms in total. The largest absolute Gasteiger partial charge is 0.481 e. The van der Waals surface area contributed by atoms with Crippen LogP contribution in [0.3, 0.4) is 0 Å². The van der Waals surface area contributed by atoms with Gasteiger partial charge in [-0.1, -0.05) is 48.0 Å². The fourth-order valence-corrected chi connectivity index (χ4v) is 3.79. The van der Waals surface area contributed by atoms with Gasteiger partial charge in [0.05, 0.1) is 12.5 Å². The molecule has 3 aromatic rings. The predicted octanol–water partition coefficient (Wildman–Crippen LogP) is 4.72. The summed E-state index contributed by atoms with van der Waals surface area (Å²) in [6.45, 7) is 1.98. The summed E-state index contributed by atoms with van der Waals surface area (Å²) < 4.78 is 0. The Hall–Kier alpha value is -2.70. The number of nitrogens with one attached hydrogen (secondary N) is 1. The van der Waals surface area contributed by atoms with Gasteiger partial charge in [-0.05, 0) is 30.2 Å². The van der Waals surface area contributed by atoms with Gasteiger partial charge in [-0.25, -0.2) is 4.98 Å². The first-order valence-electron chi connectivity index (χ1n) is 8.23. The third kappa shape index (κ3) is 4.72. The van der Waals surface area contributed by atoms with Gasteiger partial charge < -0.3 is 10.4 Å². The molecule has 1 heterocycles. The SMILES string of the molecule is Cc1ccccc1-c1nc(C(=O)NC(CC(=O)O)c2cccc(Cl)c2)cs1. The average Bonchev–Trinajstić information content (AvgIpc) is 3.11. The molecule has 1 atom stereocenters. The number of aromatic nitrogens is 1. The number of amides is 1. The zero-order valence-corrected chi connectivity index (χ0v) is 16.1. The topological polar surface area (TPSA) is 79.3 Å². The molecular formula is C20H17ClN2O3S. The molecule has 0 saturated carbocycles. The molecule has 0 fully saturated rings. The summed E-state index contributed by atoms with van der Waals surface area (Å²) in [5, 5.41) is 14.8. The highest BCUT2D eigenvalue weighted by atomic mass is 35.5. The normalized spacial score (nSPS) is 11.8. The van der Waals surface area contributed by atoms with Crippen molar-refractivity contribution in [3.8, 4) is 10.6 Å². The van der Waals surface area contributed by atoms with Crippen molar-refractivity contribution < 1.29 is 14.7 Å². The maximum Gasteiger partial charge on any atom is 0.305 e. The van der Waals surface area contributed by atoms with Crippen molar-refractivity contribution in [2.24, 2.45) is 0 Å². The number of aryl methyl sites for hydroxylation is 1. The Morgan fingerprint density at radius 3 is 2.70 bits per heavy atom. The van der Waals surface area contributed by atoms with E-state index in [4.69, 9.17) is 11.6 Å². The highest BCUT2D eigenvalue weighted by Gasteiger charge is 2.21. The first-order chi connectivity index (χ1) is 12.9. The van der Waals surface area contributed by atoms with Crippen LogP contribution in [0.4, 0.5) is 0 Å². The van der Waals surface area contributed by atoms with E-state index in [1.54, 1.807) is 29.6 Å². The van der Waals surface area contributed by atoms with Gasteiger partial charge in [-0.3, -0.25) is 9.59 Å². The van der Waals surface area contributed by atoms with Crippen LogP contribution in [0.1, 0.15) is 34.1 Å². The molecule has 0 spiro atoms. The molecule has 138 valence electrons. The molecule has 0 aliphatic carbocycles. The molecule has 0 aliphatic rings. The van der Waals surface area contributed by atoms with E-state index in [1.807, 2.05) is 31.2 Å². The lowest BCUT2D eigenvalue weighted by Gasteiger charge is -2.17. The van der Waals surface area contributed by atoms with Crippen molar-refractivity contribution in [3.63, 3.8) is 0 Å². The van der Waals surface area contributed by atoms with Gasteiger partial charge in [-0.2, -0.15) is 0 Å². The Bertz CT molecular complexity index is 987. The molecule has 0 saturated heterocycles. The molecule has 0 bridgehead atoms. The van der Waals surface area contributed by atoms with Crippen LogP contribution < -0.4 is 5.32 Å². The van der Waals surface area contributed by atoms with Crippen molar-refractivity contribution >= 4 is 34.8 Å². The Morgan fingerprint density at radius 2 is 2.00 bits per heavy atom. The number of hydrogen-bond acceptors (Lipinski definition) is 4. The summed E-state index contributed by atoms with van der Waals surface area (Å²) in [5.74, 6) is -1.43. The van der Waals surface area contributed by atoms with Crippen LogP contribution in [-0.4, -0.2) is 22.0 Å². The Morgan fingerprint density at radius 1 is 1.22 bits per heavy atom. The Balaban J connectivity index is 1.82. The van der Waals surface area contributed by atoms with Crippen LogP contribution in [0.5, 0.6) is 0 Å². The Kier molecular flexibility index (Phi) is 5.88. The number of hydrogen-bond donors (Lipinski definition) is 2. The molecule has 1 unspecified atom stereocenters. The minimum Gasteiger partial charge on any atom is -0.481 e. The summed E-state index contributed by atoms with van der Waals surface area (Å²) in [4.78, 5) is 28.3. The van der Waals surface area contributed by atoms with Gasteiger partial charge in [0.15, 0.2) is 0 Å². The van der Waals surface area contributed by atoms with Crippen molar-refractivity contribution in [3.05, 3.63) is 75.8 Å². The number of aliphatic carboxylic acids is 1. The molecule has 2 aromatic carbocycles. The van der Waals surface area contributed by atoms with E-state index in [9.17, 15) is 14.7 Å². The van der Waals surface area contributed by atoms with E-state index in [0.29, 0.717) is 10.6 Å². The number of carboxylic acid groups (broad SMARTS) is 1. The van der Waals surface area contributed by atoms with E-state index in [1.165, 1.54) is 11.3 Å². The first kappa shape index (κ1) is 19.1. The first-order valence-corrected chi connectivity index (χ1v) is 9.49. The van der Waals surface area contributed by atoms with Crippen LogP contribution >= 0.6 is 22.9 Å². The van der Waals surface area contributed by atoms with E-state index >= 15 is 0 Å². The number of carbonyl (C=O) groups excluding carboxylic acids is 1. The molecule has 1 aromatic heterocycles. The number of benzene rings is 2. The summed E-state index contributed by atoms with van der Waals surface area (Å²) >= 11 is 7.37. The highest BCUT2D eigenvalue weighted by molar-refractivity contribution is 7.13. The van der Waals surface area contributed by atoms with Gasteiger partial charge in [0.1, 0.15) is 10.7 Å². The fourth-order valence-electron chi connectivity index (χ4n) is 2.70. The second kappa shape index (κ2) is 8.33.